The first-order valence-corrected chi connectivity index (χ1v) is 8.42. The van der Waals surface area contributed by atoms with Gasteiger partial charge in [0.15, 0.2) is 0 Å². The Kier molecular flexibility index (Phi) is 14.7. The molecule has 0 atom stereocenters. The van der Waals surface area contributed by atoms with Crippen molar-refractivity contribution in [2.24, 2.45) is 11.8 Å². The zero-order valence-corrected chi connectivity index (χ0v) is 13.9. The van der Waals surface area contributed by atoms with Gasteiger partial charge in [-0.15, -0.1) is 0 Å². The lowest BCUT2D eigenvalue weighted by molar-refractivity contribution is -0.134. The number of piperidine rings is 2. The highest BCUT2D eigenvalue weighted by atomic mass is 16.4. The number of carbonyl (C=O) groups is 1. The molecule has 2 saturated heterocycles. The molecule has 0 unspecified atom stereocenters. The van der Waals surface area contributed by atoms with Crippen molar-refractivity contribution in [3.63, 3.8) is 0 Å². The Bertz CT molecular complexity index is 223. The third-order valence-electron chi connectivity index (χ3n) is 3.99. The van der Waals surface area contributed by atoms with Gasteiger partial charge in [0.25, 0.3) is 5.97 Å². The van der Waals surface area contributed by atoms with Crippen molar-refractivity contribution in [1.82, 2.24) is 10.6 Å². The summed E-state index contributed by atoms with van der Waals surface area (Å²) in [6.07, 6.45) is 7.01. The van der Waals surface area contributed by atoms with E-state index >= 15 is 0 Å². The van der Waals surface area contributed by atoms with E-state index in [0.29, 0.717) is 13.2 Å². The average Bonchev–Trinajstić information content (AvgIpc) is 2.50. The van der Waals surface area contributed by atoms with Crippen molar-refractivity contribution in [2.75, 3.05) is 39.4 Å². The van der Waals surface area contributed by atoms with Crippen LogP contribution in [0.25, 0.3) is 0 Å². The van der Waals surface area contributed by atoms with Crippen LogP contribution in [0.5, 0.6) is 0 Å². The SMILES string of the molecule is CC(=O)O.OCCC1CCNCC1.OCCC1CCNCC1. The summed E-state index contributed by atoms with van der Waals surface area (Å²) in [5.74, 6) is 0.743. The molecular weight excluding hydrogens is 284 g/mol. The molecule has 6 heteroatoms. The molecule has 22 heavy (non-hydrogen) atoms. The van der Waals surface area contributed by atoms with E-state index in [1.54, 1.807) is 0 Å². The van der Waals surface area contributed by atoms with E-state index < -0.39 is 5.97 Å². The molecule has 0 amide bonds. The van der Waals surface area contributed by atoms with E-state index in [-0.39, 0.29) is 0 Å². The molecular formula is C16H34N2O4. The number of rotatable bonds is 4. The van der Waals surface area contributed by atoms with Crippen molar-refractivity contribution in [1.29, 1.82) is 0 Å². The van der Waals surface area contributed by atoms with Gasteiger partial charge in [-0.3, -0.25) is 4.79 Å². The maximum atomic E-state index is 9.00. The van der Waals surface area contributed by atoms with E-state index in [0.717, 1.165) is 57.8 Å². The smallest absolute Gasteiger partial charge is 0.300 e. The Morgan fingerprint density at radius 3 is 1.36 bits per heavy atom. The van der Waals surface area contributed by atoms with Crippen molar-refractivity contribution in [3.8, 4) is 0 Å². The Hall–Kier alpha value is -0.690. The van der Waals surface area contributed by atoms with Gasteiger partial charge >= 0.3 is 0 Å². The van der Waals surface area contributed by atoms with Gasteiger partial charge < -0.3 is 26.0 Å². The molecule has 0 aliphatic carbocycles. The van der Waals surface area contributed by atoms with Crippen LogP contribution in [0.15, 0.2) is 0 Å². The highest BCUT2D eigenvalue weighted by Crippen LogP contribution is 2.15. The number of aliphatic hydroxyl groups excluding tert-OH is 2. The number of carboxylic acid groups (broad SMARTS) is 1. The summed E-state index contributed by atoms with van der Waals surface area (Å²) in [4.78, 5) is 9.00. The topological polar surface area (TPSA) is 102 Å². The van der Waals surface area contributed by atoms with Gasteiger partial charge in [-0.1, -0.05) is 0 Å². The molecule has 0 saturated carbocycles. The second-order valence-corrected chi connectivity index (χ2v) is 5.93. The van der Waals surface area contributed by atoms with Gasteiger partial charge in [-0.25, -0.2) is 0 Å². The quantitative estimate of drug-likeness (QED) is 0.526. The molecule has 2 aliphatic rings. The largest absolute Gasteiger partial charge is 0.481 e. The average molecular weight is 318 g/mol. The van der Waals surface area contributed by atoms with Crippen LogP contribution in [0.2, 0.25) is 0 Å². The summed E-state index contributed by atoms with van der Waals surface area (Å²) in [5, 5.41) is 31.2. The molecule has 5 N–H and O–H groups in total. The third-order valence-corrected chi connectivity index (χ3v) is 3.99. The summed E-state index contributed by atoms with van der Waals surface area (Å²) in [6, 6.07) is 0. The van der Waals surface area contributed by atoms with Crippen LogP contribution in [0.4, 0.5) is 0 Å². The lowest BCUT2D eigenvalue weighted by atomic mass is 9.95. The van der Waals surface area contributed by atoms with E-state index in [9.17, 15) is 0 Å². The second-order valence-electron chi connectivity index (χ2n) is 5.93. The van der Waals surface area contributed by atoms with E-state index in [1.807, 2.05) is 0 Å². The number of hydrogen-bond donors (Lipinski definition) is 5. The van der Waals surface area contributed by atoms with Gasteiger partial charge in [0.05, 0.1) is 0 Å². The maximum Gasteiger partial charge on any atom is 0.300 e. The maximum absolute atomic E-state index is 9.00. The predicted octanol–water partition coefficient (Wildman–Crippen LogP) is 0.828. The lowest BCUT2D eigenvalue weighted by Crippen LogP contribution is -2.28. The lowest BCUT2D eigenvalue weighted by Gasteiger charge is -2.21. The minimum absolute atomic E-state index is 0.366. The first kappa shape index (κ1) is 21.3. The van der Waals surface area contributed by atoms with Crippen LogP contribution < -0.4 is 10.6 Å². The monoisotopic (exact) mass is 318 g/mol. The van der Waals surface area contributed by atoms with E-state index in [2.05, 4.69) is 10.6 Å². The van der Waals surface area contributed by atoms with Crippen LogP contribution in [0, 0.1) is 11.8 Å². The Morgan fingerprint density at radius 2 is 1.14 bits per heavy atom. The number of hydrogen-bond acceptors (Lipinski definition) is 5. The zero-order chi connectivity index (χ0) is 16.6. The first-order valence-electron chi connectivity index (χ1n) is 8.42. The first-order chi connectivity index (χ1) is 10.6. The number of aliphatic carboxylic acids is 1. The van der Waals surface area contributed by atoms with E-state index in [4.69, 9.17) is 20.1 Å². The van der Waals surface area contributed by atoms with Crippen LogP contribution in [-0.4, -0.2) is 60.7 Å². The predicted molar refractivity (Wildman–Crippen MR) is 87.9 cm³/mol. The third kappa shape index (κ3) is 14.3. The number of carboxylic acids is 1. The molecule has 0 aromatic rings. The Balaban J connectivity index is 0.000000326. The number of nitrogens with one attached hydrogen (secondary N) is 2. The normalized spacial score (nSPS) is 19.4. The van der Waals surface area contributed by atoms with Crippen LogP contribution in [-0.2, 0) is 4.79 Å². The van der Waals surface area contributed by atoms with Crippen molar-refractivity contribution >= 4 is 5.97 Å². The molecule has 6 nitrogen and oxygen atoms in total. The van der Waals surface area contributed by atoms with Crippen LogP contribution in [0.1, 0.15) is 45.4 Å². The highest BCUT2D eigenvalue weighted by molar-refractivity contribution is 5.62. The summed E-state index contributed by atoms with van der Waals surface area (Å²) in [7, 11) is 0. The minimum atomic E-state index is -0.833. The van der Waals surface area contributed by atoms with Crippen LogP contribution >= 0.6 is 0 Å². The fourth-order valence-corrected chi connectivity index (χ4v) is 2.71. The van der Waals surface area contributed by atoms with Crippen molar-refractivity contribution in [3.05, 3.63) is 0 Å². The van der Waals surface area contributed by atoms with Crippen LogP contribution in [0.3, 0.4) is 0 Å². The van der Waals surface area contributed by atoms with Crippen molar-refractivity contribution in [2.45, 2.75) is 45.4 Å². The molecule has 0 radical (unpaired) electrons. The second kappa shape index (κ2) is 15.2. The highest BCUT2D eigenvalue weighted by Gasteiger charge is 2.11. The Labute approximate surface area is 134 Å². The molecule has 0 spiro atoms. The molecule has 2 rings (SSSR count). The fourth-order valence-electron chi connectivity index (χ4n) is 2.71. The van der Waals surface area contributed by atoms with Gasteiger partial charge in [0.2, 0.25) is 0 Å². The molecule has 2 fully saturated rings. The summed E-state index contributed by atoms with van der Waals surface area (Å²) in [6.45, 7) is 6.39. The summed E-state index contributed by atoms with van der Waals surface area (Å²) >= 11 is 0. The molecule has 2 heterocycles. The van der Waals surface area contributed by atoms with Gasteiger partial charge in [0, 0.05) is 20.1 Å². The summed E-state index contributed by atoms with van der Waals surface area (Å²) < 4.78 is 0. The summed E-state index contributed by atoms with van der Waals surface area (Å²) in [5.41, 5.74) is 0. The molecule has 132 valence electrons. The van der Waals surface area contributed by atoms with Crippen molar-refractivity contribution < 1.29 is 20.1 Å². The minimum Gasteiger partial charge on any atom is -0.481 e. The standard InChI is InChI=1S/2C7H15NO.C2H4O2/c2*9-6-3-7-1-4-8-5-2-7;1-2(3)4/h2*7-9H,1-6H2;1H3,(H,3,4). The van der Waals surface area contributed by atoms with Gasteiger partial charge in [0.1, 0.15) is 0 Å². The van der Waals surface area contributed by atoms with E-state index in [1.165, 1.54) is 25.7 Å². The Morgan fingerprint density at radius 1 is 0.864 bits per heavy atom. The van der Waals surface area contributed by atoms with Gasteiger partial charge in [-0.05, 0) is 76.5 Å². The molecule has 0 aromatic carbocycles. The van der Waals surface area contributed by atoms with Gasteiger partial charge in [-0.2, -0.15) is 0 Å². The zero-order valence-electron chi connectivity index (χ0n) is 13.9. The molecule has 2 aliphatic heterocycles. The molecule has 0 aromatic heterocycles. The fraction of sp³-hybridized carbons (Fsp3) is 0.938. The number of aliphatic hydroxyl groups is 2. The molecule has 0 bridgehead atoms.